The second-order valence-electron chi connectivity index (χ2n) is 4.53. The van der Waals surface area contributed by atoms with Crippen molar-refractivity contribution >= 4 is 6.09 Å². The minimum absolute atomic E-state index is 0.229. The molecule has 0 bridgehead atoms. The Hall–Kier alpha value is -1.82. The first-order valence-electron chi connectivity index (χ1n) is 6.47. The normalized spacial score (nSPS) is 10.6. The van der Waals surface area contributed by atoms with Gasteiger partial charge in [-0.05, 0) is 17.5 Å². The molecule has 0 heterocycles. The lowest BCUT2D eigenvalue weighted by Gasteiger charge is -2.14. The zero-order valence-electron chi connectivity index (χ0n) is 11.7. The van der Waals surface area contributed by atoms with Crippen LogP contribution in [0.4, 0.5) is 9.18 Å². The highest BCUT2D eigenvalue weighted by Gasteiger charge is 2.09. The molecular weight excluding hydrogens is 265 g/mol. The van der Waals surface area contributed by atoms with E-state index >= 15 is 0 Å². The Morgan fingerprint density at radius 3 is 2.75 bits per heavy atom. The van der Waals surface area contributed by atoms with Crippen molar-refractivity contribution in [2.75, 3.05) is 26.4 Å². The Labute approximate surface area is 117 Å². The van der Waals surface area contributed by atoms with E-state index in [9.17, 15) is 9.18 Å². The molecule has 0 aromatic heterocycles. The predicted molar refractivity (Wildman–Crippen MR) is 72.8 cm³/mol. The molecule has 0 aliphatic rings. The Morgan fingerprint density at radius 2 is 2.10 bits per heavy atom. The highest BCUT2D eigenvalue weighted by molar-refractivity contribution is 5.64. The number of carbonyl (C=O) groups is 1. The van der Waals surface area contributed by atoms with Crippen LogP contribution >= 0.6 is 0 Å². The standard InChI is InChI=1S/C14H20FNO4/c1-10(2)12-4-3-11(15)9-13(12)20-8-7-19-6-5-16-14(17)18/h3-4,9-10,16H,5-8H2,1-2H3,(H,17,18). The van der Waals surface area contributed by atoms with Gasteiger partial charge >= 0.3 is 6.09 Å². The molecule has 1 aromatic carbocycles. The smallest absolute Gasteiger partial charge is 0.404 e. The average Bonchev–Trinajstić information content (AvgIpc) is 2.37. The molecule has 20 heavy (non-hydrogen) atoms. The van der Waals surface area contributed by atoms with Crippen molar-refractivity contribution in [2.45, 2.75) is 19.8 Å². The average molecular weight is 285 g/mol. The number of nitrogens with one attached hydrogen (secondary N) is 1. The summed E-state index contributed by atoms with van der Waals surface area (Å²) in [6.45, 7) is 5.12. The molecule has 0 atom stereocenters. The van der Waals surface area contributed by atoms with Gasteiger partial charge in [0.2, 0.25) is 0 Å². The molecule has 1 aromatic rings. The van der Waals surface area contributed by atoms with Gasteiger partial charge in [-0.15, -0.1) is 0 Å². The molecule has 0 aliphatic heterocycles. The van der Waals surface area contributed by atoms with Gasteiger partial charge < -0.3 is 19.9 Å². The highest BCUT2D eigenvalue weighted by Crippen LogP contribution is 2.27. The first-order chi connectivity index (χ1) is 9.50. The molecule has 6 heteroatoms. The van der Waals surface area contributed by atoms with E-state index in [0.29, 0.717) is 12.4 Å². The lowest BCUT2D eigenvalue weighted by molar-refractivity contribution is 0.100. The number of benzene rings is 1. The summed E-state index contributed by atoms with van der Waals surface area (Å²) in [6, 6.07) is 4.49. The van der Waals surface area contributed by atoms with Crippen molar-refractivity contribution in [1.29, 1.82) is 0 Å². The second kappa shape index (κ2) is 8.37. The van der Waals surface area contributed by atoms with Gasteiger partial charge in [0.15, 0.2) is 0 Å². The maximum absolute atomic E-state index is 13.2. The predicted octanol–water partition coefficient (Wildman–Crippen LogP) is 2.61. The summed E-state index contributed by atoms with van der Waals surface area (Å²) < 4.78 is 23.9. The fourth-order valence-corrected chi connectivity index (χ4v) is 1.65. The number of amides is 1. The van der Waals surface area contributed by atoms with E-state index in [-0.39, 0.29) is 31.5 Å². The lowest BCUT2D eigenvalue weighted by Crippen LogP contribution is -2.25. The van der Waals surface area contributed by atoms with Crippen molar-refractivity contribution < 1.29 is 23.8 Å². The maximum Gasteiger partial charge on any atom is 0.404 e. The van der Waals surface area contributed by atoms with Crippen LogP contribution < -0.4 is 10.1 Å². The number of halogens is 1. The summed E-state index contributed by atoms with van der Waals surface area (Å²) in [6.07, 6.45) is -1.08. The van der Waals surface area contributed by atoms with Gasteiger partial charge in [0.05, 0.1) is 13.2 Å². The number of hydrogen-bond acceptors (Lipinski definition) is 3. The number of hydrogen-bond donors (Lipinski definition) is 2. The summed E-state index contributed by atoms with van der Waals surface area (Å²) in [7, 11) is 0. The Morgan fingerprint density at radius 1 is 1.35 bits per heavy atom. The van der Waals surface area contributed by atoms with Crippen molar-refractivity contribution in [1.82, 2.24) is 5.32 Å². The summed E-state index contributed by atoms with van der Waals surface area (Å²) in [5.41, 5.74) is 0.943. The Kier molecular flexibility index (Phi) is 6.79. The molecule has 0 spiro atoms. The maximum atomic E-state index is 13.2. The fraction of sp³-hybridized carbons (Fsp3) is 0.500. The summed E-state index contributed by atoms with van der Waals surface area (Å²) in [5, 5.41) is 10.5. The first-order valence-corrected chi connectivity index (χ1v) is 6.47. The van der Waals surface area contributed by atoms with Crippen molar-refractivity contribution in [3.8, 4) is 5.75 Å². The van der Waals surface area contributed by atoms with Gasteiger partial charge in [-0.25, -0.2) is 9.18 Å². The molecule has 5 nitrogen and oxygen atoms in total. The molecule has 1 rings (SSSR count). The molecule has 112 valence electrons. The molecule has 0 aliphatic carbocycles. The number of rotatable bonds is 8. The van der Waals surface area contributed by atoms with Gasteiger partial charge in [-0.3, -0.25) is 0 Å². The van der Waals surface area contributed by atoms with Crippen LogP contribution in [0.25, 0.3) is 0 Å². The van der Waals surface area contributed by atoms with Crippen molar-refractivity contribution in [3.05, 3.63) is 29.6 Å². The van der Waals surface area contributed by atoms with Gasteiger partial charge in [-0.2, -0.15) is 0 Å². The molecular formula is C14H20FNO4. The van der Waals surface area contributed by atoms with Crippen LogP contribution in [0.15, 0.2) is 18.2 Å². The van der Waals surface area contributed by atoms with Crippen LogP contribution in [0.3, 0.4) is 0 Å². The zero-order chi connectivity index (χ0) is 15.0. The summed E-state index contributed by atoms with van der Waals surface area (Å²) in [4.78, 5) is 10.2. The lowest BCUT2D eigenvalue weighted by atomic mass is 10.0. The van der Waals surface area contributed by atoms with Crippen molar-refractivity contribution in [2.24, 2.45) is 0 Å². The van der Waals surface area contributed by atoms with Gasteiger partial charge in [0.25, 0.3) is 0 Å². The number of carboxylic acid groups (broad SMARTS) is 1. The number of ether oxygens (including phenoxy) is 2. The van der Waals surface area contributed by atoms with E-state index in [2.05, 4.69) is 5.32 Å². The minimum Gasteiger partial charge on any atom is -0.491 e. The van der Waals surface area contributed by atoms with E-state index in [1.54, 1.807) is 6.07 Å². The van der Waals surface area contributed by atoms with E-state index in [4.69, 9.17) is 14.6 Å². The zero-order valence-corrected chi connectivity index (χ0v) is 11.7. The monoisotopic (exact) mass is 285 g/mol. The summed E-state index contributed by atoms with van der Waals surface area (Å²) >= 11 is 0. The van der Waals surface area contributed by atoms with Crippen LogP contribution in [0.2, 0.25) is 0 Å². The van der Waals surface area contributed by atoms with Gasteiger partial charge in [0.1, 0.15) is 18.2 Å². The largest absolute Gasteiger partial charge is 0.491 e. The van der Waals surface area contributed by atoms with E-state index < -0.39 is 6.09 Å². The van der Waals surface area contributed by atoms with E-state index in [1.165, 1.54) is 12.1 Å². The first kappa shape index (κ1) is 16.2. The quantitative estimate of drug-likeness (QED) is 0.720. The molecule has 0 radical (unpaired) electrons. The van der Waals surface area contributed by atoms with Crippen LogP contribution in [0, 0.1) is 5.82 Å². The van der Waals surface area contributed by atoms with E-state index in [0.717, 1.165) is 5.56 Å². The Balaban J connectivity index is 2.31. The topological polar surface area (TPSA) is 67.8 Å². The summed E-state index contributed by atoms with van der Waals surface area (Å²) in [5.74, 6) is 0.425. The van der Waals surface area contributed by atoms with Gasteiger partial charge in [-0.1, -0.05) is 19.9 Å². The third-order valence-electron chi connectivity index (χ3n) is 2.61. The minimum atomic E-state index is -1.08. The Bertz CT molecular complexity index is 437. The molecule has 2 N–H and O–H groups in total. The van der Waals surface area contributed by atoms with E-state index in [1.807, 2.05) is 13.8 Å². The third kappa shape index (κ3) is 5.88. The van der Waals surface area contributed by atoms with Crippen LogP contribution in [0.5, 0.6) is 5.75 Å². The second-order valence-corrected chi connectivity index (χ2v) is 4.53. The molecule has 0 fully saturated rings. The van der Waals surface area contributed by atoms with Crippen LogP contribution in [-0.4, -0.2) is 37.6 Å². The molecule has 0 saturated heterocycles. The van der Waals surface area contributed by atoms with Gasteiger partial charge in [0, 0.05) is 12.6 Å². The highest BCUT2D eigenvalue weighted by atomic mass is 19.1. The fourth-order valence-electron chi connectivity index (χ4n) is 1.65. The molecule has 0 saturated carbocycles. The SMILES string of the molecule is CC(C)c1ccc(F)cc1OCCOCCNC(=O)O. The molecule has 1 amide bonds. The van der Waals surface area contributed by atoms with Crippen LogP contribution in [0.1, 0.15) is 25.3 Å². The third-order valence-corrected chi connectivity index (χ3v) is 2.61. The van der Waals surface area contributed by atoms with Crippen LogP contribution in [-0.2, 0) is 4.74 Å². The van der Waals surface area contributed by atoms with Crippen molar-refractivity contribution in [3.63, 3.8) is 0 Å². The molecule has 0 unspecified atom stereocenters.